The summed E-state index contributed by atoms with van der Waals surface area (Å²) in [5, 5.41) is 19.8. The molecule has 1 aliphatic carbocycles. The van der Waals surface area contributed by atoms with Gasteiger partial charge in [-0.15, -0.1) is 0 Å². The van der Waals surface area contributed by atoms with Crippen LogP contribution >= 0.6 is 0 Å². The molecule has 76 valence electrons. The third-order valence-electron chi connectivity index (χ3n) is 2.82. The summed E-state index contributed by atoms with van der Waals surface area (Å²) in [6.45, 7) is 4.14. The Labute approximate surface area is 80.3 Å². The van der Waals surface area contributed by atoms with Crippen LogP contribution in [0.15, 0.2) is 12.2 Å². The van der Waals surface area contributed by atoms with Crippen molar-refractivity contribution in [3.05, 3.63) is 12.2 Å². The molecule has 0 aromatic carbocycles. The van der Waals surface area contributed by atoms with Gasteiger partial charge in [-0.2, -0.15) is 0 Å². The number of aliphatic hydroxyl groups excluding tert-OH is 1. The lowest BCUT2D eigenvalue weighted by Crippen LogP contribution is -2.43. The minimum Gasteiger partial charge on any atom is -0.390 e. The van der Waals surface area contributed by atoms with Crippen LogP contribution in [-0.2, 0) is 0 Å². The molecule has 0 amide bonds. The Kier molecular flexibility index (Phi) is 3.51. The molecule has 1 aliphatic rings. The molecule has 2 nitrogen and oxygen atoms in total. The monoisotopic (exact) mass is 184 g/mol. The van der Waals surface area contributed by atoms with Crippen molar-refractivity contribution in [1.29, 1.82) is 0 Å². The molecule has 0 aromatic heterocycles. The van der Waals surface area contributed by atoms with E-state index >= 15 is 0 Å². The first-order valence-corrected chi connectivity index (χ1v) is 5.18. The molecule has 0 bridgehead atoms. The molecule has 13 heavy (non-hydrogen) atoms. The van der Waals surface area contributed by atoms with E-state index in [4.69, 9.17) is 0 Å². The zero-order valence-electron chi connectivity index (χ0n) is 8.53. The Morgan fingerprint density at radius 2 is 2.23 bits per heavy atom. The van der Waals surface area contributed by atoms with Crippen molar-refractivity contribution in [1.82, 2.24) is 0 Å². The highest BCUT2D eigenvalue weighted by Crippen LogP contribution is 2.30. The molecular weight excluding hydrogens is 164 g/mol. The van der Waals surface area contributed by atoms with Crippen molar-refractivity contribution in [3.63, 3.8) is 0 Å². The van der Waals surface area contributed by atoms with E-state index in [0.717, 1.165) is 12.8 Å². The van der Waals surface area contributed by atoms with Crippen LogP contribution in [0.1, 0.15) is 39.5 Å². The van der Waals surface area contributed by atoms with Crippen LogP contribution < -0.4 is 0 Å². The predicted molar refractivity (Wildman–Crippen MR) is 53.4 cm³/mol. The summed E-state index contributed by atoms with van der Waals surface area (Å²) in [6, 6.07) is 0. The maximum absolute atomic E-state index is 10.1. The van der Waals surface area contributed by atoms with Crippen LogP contribution in [0.2, 0.25) is 0 Å². The largest absolute Gasteiger partial charge is 0.390 e. The number of rotatable bonds is 3. The summed E-state index contributed by atoms with van der Waals surface area (Å²) in [5.74, 6) is 0.386. The lowest BCUT2D eigenvalue weighted by molar-refractivity contribution is -0.0593. The average molecular weight is 184 g/mol. The first kappa shape index (κ1) is 10.7. The second-order valence-corrected chi connectivity index (χ2v) is 4.18. The molecular formula is C11H20O2. The Morgan fingerprint density at radius 1 is 1.54 bits per heavy atom. The molecule has 2 heteroatoms. The third kappa shape index (κ3) is 2.55. The number of aliphatic hydroxyl groups is 2. The van der Waals surface area contributed by atoms with Crippen molar-refractivity contribution in [2.24, 2.45) is 5.92 Å². The maximum Gasteiger partial charge on any atom is 0.109 e. The quantitative estimate of drug-likeness (QED) is 0.657. The van der Waals surface area contributed by atoms with Gasteiger partial charge in [0.15, 0.2) is 0 Å². The van der Waals surface area contributed by atoms with Gasteiger partial charge in [0, 0.05) is 0 Å². The SMILES string of the molecule is CCCCC1(O)C=CC(C)CC1O. The van der Waals surface area contributed by atoms with Crippen LogP contribution in [0, 0.1) is 5.92 Å². The minimum absolute atomic E-state index is 0.386. The molecule has 0 fully saturated rings. The van der Waals surface area contributed by atoms with Crippen LogP contribution in [0.4, 0.5) is 0 Å². The van der Waals surface area contributed by atoms with Gasteiger partial charge in [0.1, 0.15) is 5.60 Å². The van der Waals surface area contributed by atoms with Gasteiger partial charge in [-0.05, 0) is 18.8 Å². The highest BCUT2D eigenvalue weighted by molar-refractivity contribution is 5.11. The first-order chi connectivity index (χ1) is 6.08. The van der Waals surface area contributed by atoms with E-state index in [1.165, 1.54) is 0 Å². The smallest absolute Gasteiger partial charge is 0.109 e. The van der Waals surface area contributed by atoms with E-state index in [0.29, 0.717) is 18.8 Å². The van der Waals surface area contributed by atoms with Gasteiger partial charge >= 0.3 is 0 Å². The number of unbranched alkanes of at least 4 members (excludes halogenated alkanes) is 1. The fraction of sp³-hybridized carbons (Fsp3) is 0.818. The zero-order chi connectivity index (χ0) is 9.90. The fourth-order valence-corrected chi connectivity index (χ4v) is 1.79. The van der Waals surface area contributed by atoms with E-state index in [1.807, 2.05) is 6.08 Å². The summed E-state index contributed by atoms with van der Waals surface area (Å²) in [6.07, 6.45) is 6.57. The van der Waals surface area contributed by atoms with Crippen molar-refractivity contribution < 1.29 is 10.2 Å². The highest BCUT2D eigenvalue weighted by atomic mass is 16.3. The van der Waals surface area contributed by atoms with Gasteiger partial charge in [0.2, 0.25) is 0 Å². The Morgan fingerprint density at radius 3 is 2.77 bits per heavy atom. The first-order valence-electron chi connectivity index (χ1n) is 5.18. The summed E-state index contributed by atoms with van der Waals surface area (Å²) < 4.78 is 0. The van der Waals surface area contributed by atoms with E-state index in [2.05, 4.69) is 13.8 Å². The van der Waals surface area contributed by atoms with Crippen LogP contribution in [0.5, 0.6) is 0 Å². The third-order valence-corrected chi connectivity index (χ3v) is 2.82. The second kappa shape index (κ2) is 4.25. The van der Waals surface area contributed by atoms with Crippen LogP contribution in [0.25, 0.3) is 0 Å². The van der Waals surface area contributed by atoms with Gasteiger partial charge < -0.3 is 10.2 Å². The molecule has 2 N–H and O–H groups in total. The molecule has 0 heterocycles. The van der Waals surface area contributed by atoms with Crippen LogP contribution in [-0.4, -0.2) is 21.9 Å². The lowest BCUT2D eigenvalue weighted by Gasteiger charge is -2.35. The van der Waals surface area contributed by atoms with Gasteiger partial charge in [0.25, 0.3) is 0 Å². The van der Waals surface area contributed by atoms with Crippen molar-refractivity contribution in [3.8, 4) is 0 Å². The topological polar surface area (TPSA) is 40.5 Å². The van der Waals surface area contributed by atoms with Crippen molar-refractivity contribution in [2.45, 2.75) is 51.2 Å². The Bertz CT molecular complexity index is 189. The van der Waals surface area contributed by atoms with Crippen LogP contribution in [0.3, 0.4) is 0 Å². The highest BCUT2D eigenvalue weighted by Gasteiger charge is 2.35. The van der Waals surface area contributed by atoms with E-state index in [1.54, 1.807) is 6.08 Å². The molecule has 1 rings (SSSR count). The molecule has 0 spiro atoms. The average Bonchev–Trinajstić information content (AvgIpc) is 2.09. The predicted octanol–water partition coefficient (Wildman–Crippen LogP) is 1.86. The zero-order valence-corrected chi connectivity index (χ0v) is 8.53. The number of allylic oxidation sites excluding steroid dienone is 1. The van der Waals surface area contributed by atoms with Gasteiger partial charge in [0.05, 0.1) is 6.10 Å². The molecule has 0 aliphatic heterocycles. The molecule has 0 radical (unpaired) electrons. The lowest BCUT2D eigenvalue weighted by atomic mass is 9.80. The number of hydrogen-bond acceptors (Lipinski definition) is 2. The summed E-state index contributed by atoms with van der Waals surface area (Å²) in [4.78, 5) is 0. The maximum atomic E-state index is 10.1. The summed E-state index contributed by atoms with van der Waals surface area (Å²) >= 11 is 0. The molecule has 0 saturated heterocycles. The Balaban J connectivity index is 2.60. The van der Waals surface area contributed by atoms with Crippen molar-refractivity contribution in [2.75, 3.05) is 0 Å². The van der Waals surface area contributed by atoms with Gasteiger partial charge in [-0.1, -0.05) is 38.8 Å². The fourth-order valence-electron chi connectivity index (χ4n) is 1.79. The molecule has 3 unspecified atom stereocenters. The second-order valence-electron chi connectivity index (χ2n) is 4.18. The van der Waals surface area contributed by atoms with Gasteiger partial charge in [-0.25, -0.2) is 0 Å². The molecule has 0 aromatic rings. The van der Waals surface area contributed by atoms with E-state index in [-0.39, 0.29) is 0 Å². The van der Waals surface area contributed by atoms with E-state index < -0.39 is 11.7 Å². The summed E-state index contributed by atoms with van der Waals surface area (Å²) in [5.41, 5.74) is -0.956. The van der Waals surface area contributed by atoms with Crippen molar-refractivity contribution >= 4 is 0 Å². The minimum atomic E-state index is -0.956. The van der Waals surface area contributed by atoms with Gasteiger partial charge in [-0.3, -0.25) is 0 Å². The molecule has 3 atom stereocenters. The standard InChI is InChI=1S/C11H20O2/c1-3-4-6-11(13)7-5-9(2)8-10(11)12/h5,7,9-10,12-13H,3-4,6,8H2,1-2H3. The van der Waals surface area contributed by atoms with E-state index in [9.17, 15) is 10.2 Å². The Hall–Kier alpha value is -0.340. The normalized spacial score (nSPS) is 39.4. The summed E-state index contributed by atoms with van der Waals surface area (Å²) in [7, 11) is 0. The number of hydrogen-bond donors (Lipinski definition) is 2. The molecule has 0 saturated carbocycles.